The number of aliphatic hydroxyl groups is 1. The lowest BCUT2D eigenvalue weighted by Gasteiger charge is -2.15. The standard InChI is InChI=1S/C20H20N4O3S2/c1-24(2)29(26,27)15-4-3-13(11-25)17(9-15)23-18-10-22-20-19(18)16(5-7-21-20)14-6-8-28-12-14/h3-10,12,23,25H,11H2,1-2H3,(H,21,22). The number of sulfonamides is 1. The smallest absolute Gasteiger partial charge is 0.242 e. The summed E-state index contributed by atoms with van der Waals surface area (Å²) in [4.78, 5) is 7.70. The lowest BCUT2D eigenvalue weighted by Crippen LogP contribution is -2.22. The summed E-state index contributed by atoms with van der Waals surface area (Å²) < 4.78 is 26.2. The Bertz CT molecular complexity index is 1260. The molecule has 0 aliphatic heterocycles. The van der Waals surface area contributed by atoms with Crippen molar-refractivity contribution >= 4 is 43.8 Å². The Labute approximate surface area is 172 Å². The molecule has 9 heteroatoms. The maximum absolute atomic E-state index is 12.5. The topological polar surface area (TPSA) is 98.3 Å². The second-order valence-corrected chi connectivity index (χ2v) is 9.62. The predicted octanol–water partition coefficient (Wildman–Crippen LogP) is 3.78. The molecular formula is C20H20N4O3S2. The third kappa shape index (κ3) is 3.53. The van der Waals surface area contributed by atoms with Gasteiger partial charge in [-0.15, -0.1) is 0 Å². The van der Waals surface area contributed by atoms with Crippen LogP contribution in [0.1, 0.15) is 5.56 Å². The summed E-state index contributed by atoms with van der Waals surface area (Å²) in [6.45, 7) is -0.220. The van der Waals surface area contributed by atoms with Crippen molar-refractivity contribution in [2.75, 3.05) is 19.4 Å². The molecule has 3 heterocycles. The van der Waals surface area contributed by atoms with Crippen molar-refractivity contribution in [2.45, 2.75) is 11.5 Å². The minimum Gasteiger partial charge on any atom is -0.392 e. The van der Waals surface area contributed by atoms with Crippen molar-refractivity contribution in [2.24, 2.45) is 0 Å². The van der Waals surface area contributed by atoms with Gasteiger partial charge >= 0.3 is 0 Å². The van der Waals surface area contributed by atoms with Crippen LogP contribution < -0.4 is 5.32 Å². The van der Waals surface area contributed by atoms with Gasteiger partial charge in [0.1, 0.15) is 5.65 Å². The monoisotopic (exact) mass is 428 g/mol. The van der Waals surface area contributed by atoms with Gasteiger partial charge in [0.25, 0.3) is 0 Å². The first kappa shape index (κ1) is 19.6. The number of aliphatic hydroxyl groups excluding tert-OH is 1. The van der Waals surface area contributed by atoms with Crippen molar-refractivity contribution < 1.29 is 13.5 Å². The summed E-state index contributed by atoms with van der Waals surface area (Å²) in [5.74, 6) is 0. The number of anilines is 2. The van der Waals surface area contributed by atoms with Crippen LogP contribution in [0.4, 0.5) is 11.4 Å². The van der Waals surface area contributed by atoms with Gasteiger partial charge in [-0.1, -0.05) is 6.07 Å². The number of thiophene rings is 1. The lowest BCUT2D eigenvalue weighted by molar-refractivity contribution is 0.282. The number of benzene rings is 1. The zero-order valence-corrected chi connectivity index (χ0v) is 17.5. The normalized spacial score (nSPS) is 12.0. The average Bonchev–Trinajstić information content (AvgIpc) is 3.38. The van der Waals surface area contributed by atoms with E-state index in [2.05, 4.69) is 20.7 Å². The number of pyridine rings is 1. The largest absolute Gasteiger partial charge is 0.392 e. The van der Waals surface area contributed by atoms with Crippen molar-refractivity contribution in [3.63, 3.8) is 0 Å². The zero-order chi connectivity index (χ0) is 20.6. The van der Waals surface area contributed by atoms with Crippen LogP contribution >= 0.6 is 11.3 Å². The van der Waals surface area contributed by atoms with Crippen LogP contribution in [-0.2, 0) is 16.6 Å². The highest BCUT2D eigenvalue weighted by molar-refractivity contribution is 7.89. The van der Waals surface area contributed by atoms with Crippen molar-refractivity contribution in [3.05, 3.63) is 59.0 Å². The number of hydrogen-bond acceptors (Lipinski definition) is 6. The van der Waals surface area contributed by atoms with Gasteiger partial charge in [0.15, 0.2) is 0 Å². The van der Waals surface area contributed by atoms with E-state index in [1.807, 2.05) is 17.5 Å². The molecule has 0 spiro atoms. The van der Waals surface area contributed by atoms with E-state index in [0.29, 0.717) is 11.3 Å². The average molecular weight is 429 g/mol. The second kappa shape index (κ2) is 7.60. The Balaban J connectivity index is 1.84. The van der Waals surface area contributed by atoms with Gasteiger partial charge in [-0.05, 0) is 46.2 Å². The molecule has 0 bridgehead atoms. The summed E-state index contributed by atoms with van der Waals surface area (Å²) in [6.07, 6.45) is 3.54. The molecule has 0 aliphatic rings. The third-order valence-corrected chi connectivity index (χ3v) is 7.20. The lowest BCUT2D eigenvalue weighted by atomic mass is 10.1. The van der Waals surface area contributed by atoms with Crippen LogP contribution in [0, 0.1) is 0 Å². The molecule has 29 heavy (non-hydrogen) atoms. The van der Waals surface area contributed by atoms with E-state index in [-0.39, 0.29) is 11.5 Å². The van der Waals surface area contributed by atoms with Gasteiger partial charge < -0.3 is 15.4 Å². The summed E-state index contributed by atoms with van der Waals surface area (Å²) >= 11 is 1.61. The van der Waals surface area contributed by atoms with Gasteiger partial charge in [0.05, 0.1) is 22.6 Å². The van der Waals surface area contributed by atoms with Crippen LogP contribution in [0.15, 0.2) is 58.4 Å². The Morgan fingerprint density at radius 2 is 2.03 bits per heavy atom. The molecule has 4 rings (SSSR count). The van der Waals surface area contributed by atoms with Gasteiger partial charge in [-0.25, -0.2) is 17.7 Å². The molecule has 4 aromatic rings. The third-order valence-electron chi connectivity index (χ3n) is 4.71. The van der Waals surface area contributed by atoms with Crippen LogP contribution in [0.3, 0.4) is 0 Å². The molecule has 0 fully saturated rings. The molecule has 0 saturated heterocycles. The molecule has 0 radical (unpaired) electrons. The minimum atomic E-state index is -3.60. The van der Waals surface area contributed by atoms with Gasteiger partial charge in [-0.2, -0.15) is 11.3 Å². The first-order chi connectivity index (χ1) is 13.9. The summed E-state index contributed by atoms with van der Waals surface area (Å²) in [5, 5.41) is 18.0. The second-order valence-electron chi connectivity index (χ2n) is 6.69. The number of nitrogens with zero attached hydrogens (tertiary/aromatic N) is 2. The molecule has 3 N–H and O–H groups in total. The number of nitrogens with one attached hydrogen (secondary N) is 2. The van der Waals surface area contributed by atoms with Gasteiger partial charge in [-0.3, -0.25) is 0 Å². The number of aromatic amines is 1. The molecule has 3 aromatic heterocycles. The van der Waals surface area contributed by atoms with Crippen molar-refractivity contribution in [3.8, 4) is 11.1 Å². The molecule has 7 nitrogen and oxygen atoms in total. The molecular weight excluding hydrogens is 408 g/mol. The quantitative estimate of drug-likeness (QED) is 0.434. The van der Waals surface area contributed by atoms with E-state index in [4.69, 9.17) is 0 Å². The van der Waals surface area contributed by atoms with Crippen molar-refractivity contribution in [1.29, 1.82) is 0 Å². The summed E-state index contributed by atoms with van der Waals surface area (Å²) in [5.41, 5.74) is 4.69. The van der Waals surface area contributed by atoms with Crippen LogP contribution in [0.5, 0.6) is 0 Å². The molecule has 150 valence electrons. The Kier molecular flexibility index (Phi) is 5.13. The van der Waals surface area contributed by atoms with E-state index >= 15 is 0 Å². The highest BCUT2D eigenvalue weighted by Crippen LogP contribution is 2.36. The number of rotatable bonds is 6. The molecule has 1 aromatic carbocycles. The highest BCUT2D eigenvalue weighted by atomic mass is 32.2. The molecule has 0 unspecified atom stereocenters. The Morgan fingerprint density at radius 1 is 1.21 bits per heavy atom. The molecule has 0 aliphatic carbocycles. The van der Waals surface area contributed by atoms with Crippen LogP contribution in [0.2, 0.25) is 0 Å². The SMILES string of the molecule is CN(C)S(=O)(=O)c1ccc(CO)c(Nc2c[nH]c3nccc(-c4ccsc4)c23)c1. The number of H-pyrrole nitrogens is 1. The van der Waals surface area contributed by atoms with E-state index in [9.17, 15) is 13.5 Å². The first-order valence-corrected chi connectivity index (χ1v) is 11.2. The fourth-order valence-electron chi connectivity index (χ4n) is 3.14. The molecule has 0 saturated carbocycles. The van der Waals surface area contributed by atoms with Crippen LogP contribution in [0.25, 0.3) is 22.2 Å². The summed E-state index contributed by atoms with van der Waals surface area (Å²) in [6, 6.07) is 8.65. The first-order valence-electron chi connectivity index (χ1n) is 8.84. The zero-order valence-electron chi connectivity index (χ0n) is 15.9. The van der Waals surface area contributed by atoms with Crippen LogP contribution in [-0.4, -0.2) is 41.9 Å². The maximum atomic E-state index is 12.5. The number of fused-ring (bicyclic) bond motifs is 1. The van der Waals surface area contributed by atoms with E-state index < -0.39 is 10.0 Å². The number of hydrogen-bond donors (Lipinski definition) is 3. The summed E-state index contributed by atoms with van der Waals surface area (Å²) in [7, 11) is -0.623. The minimum absolute atomic E-state index is 0.151. The predicted molar refractivity (Wildman–Crippen MR) is 116 cm³/mol. The maximum Gasteiger partial charge on any atom is 0.242 e. The fourth-order valence-corrected chi connectivity index (χ4v) is 4.72. The highest BCUT2D eigenvalue weighted by Gasteiger charge is 2.20. The Hall–Kier alpha value is -2.72. The van der Waals surface area contributed by atoms with E-state index in [0.717, 1.165) is 32.2 Å². The molecule has 0 atom stereocenters. The fraction of sp³-hybridized carbons (Fsp3) is 0.150. The molecule has 0 amide bonds. The number of aromatic nitrogens is 2. The Morgan fingerprint density at radius 3 is 2.72 bits per heavy atom. The van der Waals surface area contributed by atoms with Gasteiger partial charge in [0, 0.05) is 37.7 Å². The van der Waals surface area contributed by atoms with Gasteiger partial charge in [0.2, 0.25) is 10.0 Å². The van der Waals surface area contributed by atoms with Crippen molar-refractivity contribution in [1.82, 2.24) is 14.3 Å². The van der Waals surface area contributed by atoms with E-state index in [1.165, 1.54) is 20.2 Å². The van der Waals surface area contributed by atoms with E-state index in [1.54, 1.807) is 35.9 Å².